The number of hydrogen-bond acceptors (Lipinski definition) is 7. The molecule has 0 radical (unpaired) electrons. The molecule has 2 aromatic heterocycles. The van der Waals surface area contributed by atoms with Crippen LogP contribution in [-0.2, 0) is 17.6 Å². The molecule has 0 fully saturated rings. The zero-order valence-electron chi connectivity index (χ0n) is 10.5. The molecular weight excluding hydrogens is 268 g/mol. The van der Waals surface area contributed by atoms with Crippen molar-refractivity contribution in [2.75, 3.05) is 0 Å². The third-order valence-electron chi connectivity index (χ3n) is 2.58. The van der Waals surface area contributed by atoms with Crippen LogP contribution >= 0.6 is 11.5 Å². The van der Waals surface area contributed by atoms with E-state index in [2.05, 4.69) is 19.8 Å². The van der Waals surface area contributed by atoms with Crippen LogP contribution < -0.4 is 0 Å². The monoisotopic (exact) mass is 282 g/mol. The minimum Gasteiger partial charge on any atom is -0.481 e. The summed E-state index contributed by atoms with van der Waals surface area (Å²) in [6, 6.07) is 0. The Bertz CT molecular complexity index is 552. The van der Waals surface area contributed by atoms with Gasteiger partial charge in [-0.15, -0.1) is 15.3 Å². The van der Waals surface area contributed by atoms with Crippen molar-refractivity contribution in [1.29, 1.82) is 0 Å². The lowest BCUT2D eigenvalue weighted by Crippen LogP contribution is -1.95. The van der Waals surface area contributed by atoms with E-state index in [0.29, 0.717) is 24.6 Å². The fraction of sp³-hybridized carbons (Fsp3) is 0.545. The number of carbonyl (C=O) groups is 1. The molecule has 0 unspecified atom stereocenters. The van der Waals surface area contributed by atoms with Crippen LogP contribution in [0.5, 0.6) is 0 Å². The third-order valence-corrected chi connectivity index (χ3v) is 3.34. The van der Waals surface area contributed by atoms with Crippen LogP contribution in [0.2, 0.25) is 0 Å². The highest BCUT2D eigenvalue weighted by Crippen LogP contribution is 2.25. The minimum absolute atomic E-state index is 0.166. The quantitative estimate of drug-likeness (QED) is 0.774. The normalized spacial score (nSPS) is 10.8. The van der Waals surface area contributed by atoms with Crippen LogP contribution in [-0.4, -0.2) is 30.9 Å². The topological polar surface area (TPSA) is 102 Å². The number of hydrogen-bond donors (Lipinski definition) is 1. The van der Waals surface area contributed by atoms with Gasteiger partial charge in [0.15, 0.2) is 0 Å². The van der Waals surface area contributed by atoms with Gasteiger partial charge in [-0.25, -0.2) is 0 Å². The Morgan fingerprint density at radius 1 is 1.32 bits per heavy atom. The van der Waals surface area contributed by atoms with Crippen molar-refractivity contribution in [1.82, 2.24) is 19.8 Å². The van der Waals surface area contributed by atoms with E-state index in [9.17, 15) is 4.79 Å². The Kier molecular flexibility index (Phi) is 4.56. The summed E-state index contributed by atoms with van der Waals surface area (Å²) in [7, 11) is 0. The van der Waals surface area contributed by atoms with Gasteiger partial charge in [-0.2, -0.15) is 0 Å². The van der Waals surface area contributed by atoms with E-state index in [-0.39, 0.29) is 6.42 Å². The molecule has 0 aliphatic rings. The molecule has 2 aromatic rings. The molecule has 0 amide bonds. The predicted octanol–water partition coefficient (Wildman–Crippen LogP) is 1.95. The van der Waals surface area contributed by atoms with Gasteiger partial charge >= 0.3 is 5.97 Å². The smallest absolute Gasteiger partial charge is 0.303 e. The molecular formula is C11H14N4O3S. The largest absolute Gasteiger partial charge is 0.481 e. The average molecular weight is 282 g/mol. The predicted molar refractivity (Wildman–Crippen MR) is 67.8 cm³/mol. The van der Waals surface area contributed by atoms with Crippen molar-refractivity contribution in [3.8, 4) is 10.8 Å². The minimum atomic E-state index is -0.783. The zero-order valence-corrected chi connectivity index (χ0v) is 11.3. The van der Waals surface area contributed by atoms with E-state index in [0.717, 1.165) is 23.4 Å². The Morgan fingerprint density at radius 3 is 2.89 bits per heavy atom. The number of aliphatic carboxylic acids is 1. The first kappa shape index (κ1) is 13.6. The Labute approximate surface area is 113 Å². The average Bonchev–Trinajstić information content (AvgIpc) is 3.02. The summed E-state index contributed by atoms with van der Waals surface area (Å²) < 4.78 is 9.41. The number of carboxylic acid groups (broad SMARTS) is 1. The van der Waals surface area contributed by atoms with E-state index in [4.69, 9.17) is 9.52 Å². The molecule has 0 saturated heterocycles. The lowest BCUT2D eigenvalue weighted by molar-refractivity contribution is -0.137. The fourth-order valence-corrected chi connectivity index (χ4v) is 2.27. The fourth-order valence-electron chi connectivity index (χ4n) is 1.60. The first-order chi connectivity index (χ1) is 9.20. The molecule has 0 bridgehead atoms. The lowest BCUT2D eigenvalue weighted by Gasteiger charge is -1.94. The van der Waals surface area contributed by atoms with E-state index in [1.165, 1.54) is 11.5 Å². The molecule has 0 saturated carbocycles. The molecule has 0 aliphatic carbocycles. The molecule has 1 N–H and O–H groups in total. The summed E-state index contributed by atoms with van der Waals surface area (Å²) >= 11 is 1.24. The van der Waals surface area contributed by atoms with Gasteiger partial charge in [0.05, 0.1) is 5.69 Å². The van der Waals surface area contributed by atoms with Gasteiger partial charge < -0.3 is 9.52 Å². The van der Waals surface area contributed by atoms with Crippen LogP contribution in [0.15, 0.2) is 4.42 Å². The van der Waals surface area contributed by atoms with E-state index < -0.39 is 5.97 Å². The Hall–Kier alpha value is -1.83. The van der Waals surface area contributed by atoms with Crippen molar-refractivity contribution in [3.05, 3.63) is 11.6 Å². The first-order valence-corrected chi connectivity index (χ1v) is 6.83. The van der Waals surface area contributed by atoms with Gasteiger partial charge in [0, 0.05) is 12.8 Å². The van der Waals surface area contributed by atoms with Crippen LogP contribution in [0.1, 0.15) is 37.8 Å². The second-order valence-corrected chi connectivity index (χ2v) is 4.76. The maximum absolute atomic E-state index is 10.4. The molecule has 102 valence electrons. The second kappa shape index (κ2) is 6.37. The molecule has 0 atom stereocenters. The third kappa shape index (κ3) is 3.57. The maximum atomic E-state index is 10.4. The highest BCUT2D eigenvalue weighted by molar-refractivity contribution is 7.09. The molecule has 2 heterocycles. The molecule has 0 spiro atoms. The number of aryl methyl sites for hydroxylation is 2. The number of unbranched alkanes of at least 4 members (excludes halogenated alkanes) is 1. The standard InChI is InChI=1S/C11H14N4O3S/c1-2-7-10(19-15-12-7)11-14-13-8(18-11)5-3-4-6-9(16)17/h2-6H2,1H3,(H,16,17). The van der Waals surface area contributed by atoms with Crippen LogP contribution in [0.25, 0.3) is 10.8 Å². The molecule has 8 heteroatoms. The van der Waals surface area contributed by atoms with Gasteiger partial charge in [0.1, 0.15) is 4.88 Å². The highest BCUT2D eigenvalue weighted by Gasteiger charge is 2.15. The summed E-state index contributed by atoms with van der Waals surface area (Å²) in [5, 5.41) is 20.5. The van der Waals surface area contributed by atoms with Crippen molar-refractivity contribution < 1.29 is 14.3 Å². The van der Waals surface area contributed by atoms with Crippen LogP contribution in [0.4, 0.5) is 0 Å². The maximum Gasteiger partial charge on any atom is 0.303 e. The van der Waals surface area contributed by atoms with Gasteiger partial charge in [0.2, 0.25) is 5.89 Å². The second-order valence-electron chi connectivity index (χ2n) is 4.00. The summed E-state index contributed by atoms with van der Waals surface area (Å²) in [5.74, 6) is 0.186. The Balaban J connectivity index is 1.94. The number of nitrogens with zero attached hydrogens (tertiary/aromatic N) is 4. The molecule has 0 aliphatic heterocycles. The lowest BCUT2D eigenvalue weighted by atomic mass is 10.2. The van der Waals surface area contributed by atoms with Gasteiger partial charge in [-0.3, -0.25) is 4.79 Å². The van der Waals surface area contributed by atoms with E-state index >= 15 is 0 Å². The first-order valence-electron chi connectivity index (χ1n) is 6.06. The van der Waals surface area contributed by atoms with Crippen molar-refractivity contribution >= 4 is 17.5 Å². The number of carboxylic acids is 1. The number of aromatic nitrogens is 4. The molecule has 2 rings (SSSR count). The van der Waals surface area contributed by atoms with Crippen molar-refractivity contribution in [2.24, 2.45) is 0 Å². The van der Waals surface area contributed by atoms with Crippen molar-refractivity contribution in [2.45, 2.75) is 39.0 Å². The van der Waals surface area contributed by atoms with E-state index in [1.54, 1.807) is 0 Å². The van der Waals surface area contributed by atoms with Crippen LogP contribution in [0, 0.1) is 0 Å². The SMILES string of the molecule is CCc1nnsc1-c1nnc(CCCCC(=O)O)o1. The molecule has 7 nitrogen and oxygen atoms in total. The Morgan fingerprint density at radius 2 is 2.16 bits per heavy atom. The summed E-state index contributed by atoms with van der Waals surface area (Å²) in [6.45, 7) is 1.99. The van der Waals surface area contributed by atoms with Gasteiger partial charge in [-0.1, -0.05) is 11.4 Å². The molecule has 0 aromatic carbocycles. The number of rotatable bonds is 7. The highest BCUT2D eigenvalue weighted by atomic mass is 32.1. The van der Waals surface area contributed by atoms with Gasteiger partial charge in [0.25, 0.3) is 5.89 Å². The van der Waals surface area contributed by atoms with Crippen molar-refractivity contribution in [3.63, 3.8) is 0 Å². The summed E-state index contributed by atoms with van der Waals surface area (Å²) in [4.78, 5) is 11.2. The summed E-state index contributed by atoms with van der Waals surface area (Å²) in [5.41, 5.74) is 0.853. The van der Waals surface area contributed by atoms with E-state index in [1.807, 2.05) is 6.92 Å². The zero-order chi connectivity index (χ0) is 13.7. The summed E-state index contributed by atoms with van der Waals surface area (Å²) in [6.07, 6.45) is 2.85. The molecule has 19 heavy (non-hydrogen) atoms. The van der Waals surface area contributed by atoms with Gasteiger partial charge in [-0.05, 0) is 30.8 Å². The van der Waals surface area contributed by atoms with Crippen LogP contribution in [0.3, 0.4) is 0 Å².